The number of anilines is 1. The van der Waals surface area contributed by atoms with Crippen molar-refractivity contribution in [2.75, 3.05) is 5.73 Å². The molecule has 3 N–H and O–H groups in total. The van der Waals surface area contributed by atoms with Crippen LogP contribution in [0.25, 0.3) is 0 Å². The van der Waals surface area contributed by atoms with Crippen molar-refractivity contribution in [2.45, 2.75) is 5.25 Å². The molecule has 1 unspecified atom stereocenters. The number of thiol groups is 1. The second kappa shape index (κ2) is 2.26. The molecule has 4 nitrogen and oxygen atoms in total. The summed E-state index contributed by atoms with van der Waals surface area (Å²) in [5.74, 6) is 0.823. The van der Waals surface area contributed by atoms with E-state index in [2.05, 4.69) is 34.7 Å². The Morgan fingerprint density at radius 2 is 2.44 bits per heavy atom. The van der Waals surface area contributed by atoms with Crippen LogP contribution in [0.1, 0.15) is 11.1 Å². The summed E-state index contributed by atoms with van der Waals surface area (Å²) in [5.41, 5.74) is 5.20. The number of nitrogens with one attached hydrogen (secondary N) is 1. The molecule has 1 radical (unpaired) electrons. The molecule has 0 saturated carbocycles. The first-order valence-electron chi connectivity index (χ1n) is 2.39. The van der Waals surface area contributed by atoms with E-state index in [1.165, 1.54) is 0 Å². The van der Waals surface area contributed by atoms with Crippen LogP contribution in [0.3, 0.4) is 0 Å². The molecule has 0 bridgehead atoms. The van der Waals surface area contributed by atoms with Crippen LogP contribution in [0.2, 0.25) is 0 Å². The number of nitrogen functional groups attached to an aromatic ring is 1. The lowest BCUT2D eigenvalue weighted by Crippen LogP contribution is -1.88. The summed E-state index contributed by atoms with van der Waals surface area (Å²) in [6.45, 7) is 3.60. The van der Waals surface area contributed by atoms with Gasteiger partial charge in [-0.2, -0.15) is 17.6 Å². The highest BCUT2D eigenvalue weighted by molar-refractivity contribution is 7.80. The number of hydrogen-bond donors (Lipinski definition) is 3. The standard InChI is InChI=1S/C4H7N4S/c1-2(9)3-6-4(5)8-7-3/h2,9H,1H2,(H3,5,6,7,8). The van der Waals surface area contributed by atoms with Crippen LogP contribution in [0, 0.1) is 6.92 Å². The van der Waals surface area contributed by atoms with Crippen molar-refractivity contribution < 1.29 is 0 Å². The van der Waals surface area contributed by atoms with E-state index in [9.17, 15) is 0 Å². The number of H-pyrrole nitrogens is 1. The fraction of sp³-hybridized carbons (Fsp3) is 0.250. The molecular formula is C4H7N4S. The zero-order chi connectivity index (χ0) is 6.85. The van der Waals surface area contributed by atoms with Gasteiger partial charge in [-0.25, -0.2) is 0 Å². The van der Waals surface area contributed by atoms with E-state index in [-0.39, 0.29) is 11.2 Å². The van der Waals surface area contributed by atoms with Crippen molar-refractivity contribution >= 4 is 18.6 Å². The number of nitrogens with two attached hydrogens (primary N) is 1. The van der Waals surface area contributed by atoms with Crippen molar-refractivity contribution in [1.82, 2.24) is 15.2 Å². The number of hydrogen-bond acceptors (Lipinski definition) is 4. The minimum absolute atomic E-state index is 0.185. The Bertz CT molecular complexity index is 194. The third kappa shape index (κ3) is 1.35. The maximum Gasteiger partial charge on any atom is 0.239 e. The lowest BCUT2D eigenvalue weighted by Gasteiger charge is -1.92. The average Bonchev–Trinajstić information content (AvgIpc) is 2.14. The lowest BCUT2D eigenvalue weighted by molar-refractivity contribution is 0.980. The van der Waals surface area contributed by atoms with Crippen LogP contribution in [0.4, 0.5) is 5.95 Å². The Kier molecular flexibility index (Phi) is 1.61. The van der Waals surface area contributed by atoms with Crippen molar-refractivity contribution in [2.24, 2.45) is 0 Å². The molecule has 9 heavy (non-hydrogen) atoms. The SMILES string of the molecule is [CH2]C(S)c1nc(N)n[nH]1. The molecule has 0 aliphatic heterocycles. The van der Waals surface area contributed by atoms with Crippen molar-refractivity contribution in [1.29, 1.82) is 0 Å². The van der Waals surface area contributed by atoms with Crippen LogP contribution < -0.4 is 5.73 Å². The van der Waals surface area contributed by atoms with Gasteiger partial charge in [0.15, 0.2) is 0 Å². The topological polar surface area (TPSA) is 67.6 Å². The van der Waals surface area contributed by atoms with Gasteiger partial charge in [-0.05, 0) is 6.92 Å². The van der Waals surface area contributed by atoms with Crippen LogP contribution in [-0.2, 0) is 0 Å². The summed E-state index contributed by atoms with van der Waals surface area (Å²) in [7, 11) is 0. The largest absolute Gasteiger partial charge is 0.367 e. The third-order valence-corrected chi connectivity index (χ3v) is 1.08. The summed E-state index contributed by atoms with van der Waals surface area (Å²) in [5, 5.41) is 5.99. The highest BCUT2D eigenvalue weighted by Gasteiger charge is 2.03. The summed E-state index contributed by atoms with van der Waals surface area (Å²) < 4.78 is 0. The first-order valence-corrected chi connectivity index (χ1v) is 2.90. The number of aromatic nitrogens is 3. The second-order valence-electron chi connectivity index (χ2n) is 1.59. The monoisotopic (exact) mass is 143 g/mol. The van der Waals surface area contributed by atoms with Gasteiger partial charge in [0.25, 0.3) is 0 Å². The van der Waals surface area contributed by atoms with Gasteiger partial charge >= 0.3 is 0 Å². The minimum atomic E-state index is -0.185. The molecule has 0 saturated heterocycles. The molecule has 0 aromatic carbocycles. The Morgan fingerprint density at radius 3 is 2.67 bits per heavy atom. The molecule has 49 valence electrons. The van der Waals surface area contributed by atoms with Gasteiger partial charge in [-0.1, -0.05) is 0 Å². The molecule has 0 aliphatic rings. The number of nitrogens with zero attached hydrogens (tertiary/aromatic N) is 2. The molecule has 1 aromatic heterocycles. The normalized spacial score (nSPS) is 13.6. The first kappa shape index (κ1) is 6.41. The van der Waals surface area contributed by atoms with Gasteiger partial charge in [0.2, 0.25) is 5.95 Å². The van der Waals surface area contributed by atoms with E-state index in [1.807, 2.05) is 0 Å². The Balaban J connectivity index is 2.85. The van der Waals surface area contributed by atoms with Gasteiger partial charge in [0.05, 0.1) is 5.25 Å². The molecule has 1 heterocycles. The van der Waals surface area contributed by atoms with E-state index >= 15 is 0 Å². The lowest BCUT2D eigenvalue weighted by atomic mass is 10.5. The van der Waals surface area contributed by atoms with Crippen molar-refractivity contribution in [3.05, 3.63) is 12.7 Å². The first-order chi connectivity index (χ1) is 4.20. The van der Waals surface area contributed by atoms with E-state index in [0.29, 0.717) is 5.82 Å². The zero-order valence-electron chi connectivity index (χ0n) is 4.70. The predicted octanol–water partition coefficient (Wildman–Crippen LogP) is 0.192. The highest BCUT2D eigenvalue weighted by Crippen LogP contribution is 2.12. The minimum Gasteiger partial charge on any atom is -0.367 e. The van der Waals surface area contributed by atoms with E-state index < -0.39 is 0 Å². The van der Waals surface area contributed by atoms with Crippen LogP contribution in [0.5, 0.6) is 0 Å². The molecule has 1 rings (SSSR count). The van der Waals surface area contributed by atoms with E-state index in [0.717, 1.165) is 0 Å². The van der Waals surface area contributed by atoms with Crippen molar-refractivity contribution in [3.63, 3.8) is 0 Å². The summed E-state index contributed by atoms with van der Waals surface area (Å²) >= 11 is 4.00. The molecule has 0 spiro atoms. The fourth-order valence-corrected chi connectivity index (χ4v) is 0.552. The highest BCUT2D eigenvalue weighted by atomic mass is 32.1. The van der Waals surface area contributed by atoms with Crippen LogP contribution in [0.15, 0.2) is 0 Å². The smallest absolute Gasteiger partial charge is 0.239 e. The third-order valence-electron chi connectivity index (χ3n) is 0.836. The van der Waals surface area contributed by atoms with Gasteiger partial charge in [-0.15, -0.1) is 5.10 Å². The maximum atomic E-state index is 5.20. The Morgan fingerprint density at radius 1 is 1.78 bits per heavy atom. The van der Waals surface area contributed by atoms with Gasteiger partial charge in [-0.3, -0.25) is 5.10 Å². The molecule has 1 aromatic rings. The summed E-state index contributed by atoms with van der Waals surface area (Å²) in [6.07, 6.45) is 0. The second-order valence-corrected chi connectivity index (χ2v) is 2.22. The predicted molar refractivity (Wildman–Crippen MR) is 37.9 cm³/mol. The van der Waals surface area contributed by atoms with Crippen LogP contribution in [-0.4, -0.2) is 15.2 Å². The Hall–Kier alpha value is -0.710. The molecule has 0 aliphatic carbocycles. The number of rotatable bonds is 1. The van der Waals surface area contributed by atoms with E-state index in [1.54, 1.807) is 0 Å². The maximum absolute atomic E-state index is 5.20. The average molecular weight is 143 g/mol. The summed E-state index contributed by atoms with van der Waals surface area (Å²) in [6, 6.07) is 0. The molecule has 1 atom stereocenters. The van der Waals surface area contributed by atoms with Crippen LogP contribution >= 0.6 is 12.6 Å². The molecule has 5 heteroatoms. The fourth-order valence-electron chi connectivity index (χ4n) is 0.437. The molecule has 0 fully saturated rings. The molecule has 0 amide bonds. The van der Waals surface area contributed by atoms with Gasteiger partial charge in [0, 0.05) is 0 Å². The van der Waals surface area contributed by atoms with Gasteiger partial charge in [0.1, 0.15) is 5.82 Å². The van der Waals surface area contributed by atoms with Crippen molar-refractivity contribution in [3.8, 4) is 0 Å². The number of aromatic amines is 1. The molecular weight excluding hydrogens is 136 g/mol. The zero-order valence-corrected chi connectivity index (χ0v) is 5.60. The Labute approximate surface area is 58.3 Å². The van der Waals surface area contributed by atoms with E-state index in [4.69, 9.17) is 5.73 Å². The van der Waals surface area contributed by atoms with Gasteiger partial charge < -0.3 is 5.73 Å². The summed E-state index contributed by atoms with van der Waals surface area (Å²) in [4.78, 5) is 3.78. The quantitative estimate of drug-likeness (QED) is 0.492.